The number of nitrogens with one attached hydrogen (secondary N) is 2. The highest BCUT2D eigenvalue weighted by Gasteiger charge is 2.33. The van der Waals surface area contributed by atoms with Crippen molar-refractivity contribution >= 4 is 17.3 Å². The zero-order valence-corrected chi connectivity index (χ0v) is 16.5. The van der Waals surface area contributed by atoms with Gasteiger partial charge < -0.3 is 20.1 Å². The van der Waals surface area contributed by atoms with E-state index in [1.807, 2.05) is 31.2 Å². The van der Waals surface area contributed by atoms with Crippen LogP contribution in [0.15, 0.2) is 34.6 Å². The summed E-state index contributed by atoms with van der Waals surface area (Å²) >= 11 is 0.959. The fourth-order valence-corrected chi connectivity index (χ4v) is 2.91. The molecule has 0 spiro atoms. The number of benzene rings is 1. The maximum Gasteiger partial charge on any atom is 0.434 e. The van der Waals surface area contributed by atoms with Gasteiger partial charge >= 0.3 is 6.18 Å². The van der Waals surface area contributed by atoms with Gasteiger partial charge in [-0.3, -0.25) is 0 Å². The lowest BCUT2D eigenvalue weighted by atomic mass is 10.2. The number of hydrogen-bond acceptors (Lipinski definition) is 5. The topological polar surface area (TPSA) is 67.8 Å². The summed E-state index contributed by atoms with van der Waals surface area (Å²) in [6.07, 6.45) is -4.43. The molecule has 154 valence electrons. The van der Waals surface area contributed by atoms with Gasteiger partial charge in [0.1, 0.15) is 17.4 Å². The lowest BCUT2D eigenvalue weighted by molar-refractivity contribution is -0.140. The zero-order valence-electron chi connectivity index (χ0n) is 15.7. The molecule has 0 fully saturated rings. The molecule has 0 aliphatic heterocycles. The van der Waals surface area contributed by atoms with Gasteiger partial charge in [0.25, 0.3) is 0 Å². The van der Waals surface area contributed by atoms with Crippen LogP contribution >= 0.6 is 11.3 Å². The molecule has 2 rings (SSSR count). The van der Waals surface area contributed by atoms with Gasteiger partial charge in [0.2, 0.25) is 0 Å². The minimum atomic E-state index is -4.43. The van der Waals surface area contributed by atoms with Gasteiger partial charge in [-0.05, 0) is 24.6 Å². The number of thiazole rings is 1. The smallest absolute Gasteiger partial charge is 0.434 e. The number of hydrogen-bond donors (Lipinski definition) is 2. The minimum absolute atomic E-state index is 0.159. The standard InChI is InChI=1S/C18H23F3N4O2S/c1-3-22-17(24-11-16-25-15(12-28-16)18(19,20)21)23-10-13-5-4-6-14(9-13)27-8-7-26-2/h4-6,9,12H,3,7-8,10-11H2,1-2H3,(H2,22,23,24). The fourth-order valence-electron chi connectivity index (χ4n) is 2.17. The number of nitrogens with zero attached hydrogens (tertiary/aromatic N) is 2. The molecule has 0 amide bonds. The molecular formula is C18H23F3N4O2S. The van der Waals surface area contributed by atoms with Crippen molar-refractivity contribution in [1.82, 2.24) is 15.6 Å². The zero-order chi connectivity index (χ0) is 20.4. The van der Waals surface area contributed by atoms with E-state index in [9.17, 15) is 13.2 Å². The Morgan fingerprint density at radius 3 is 2.75 bits per heavy atom. The van der Waals surface area contributed by atoms with Crippen LogP contribution in [0.2, 0.25) is 0 Å². The van der Waals surface area contributed by atoms with Gasteiger partial charge in [-0.2, -0.15) is 13.2 Å². The Morgan fingerprint density at radius 2 is 2.07 bits per heavy atom. The van der Waals surface area contributed by atoms with Gasteiger partial charge in [0, 0.05) is 19.0 Å². The van der Waals surface area contributed by atoms with E-state index in [0.29, 0.717) is 37.3 Å². The molecule has 0 atom stereocenters. The van der Waals surface area contributed by atoms with Crippen molar-refractivity contribution in [3.05, 3.63) is 45.9 Å². The molecule has 1 heterocycles. The van der Waals surface area contributed by atoms with Gasteiger partial charge in [0.15, 0.2) is 11.7 Å². The second-order valence-corrected chi connectivity index (χ2v) is 6.60. The summed E-state index contributed by atoms with van der Waals surface area (Å²) in [6, 6.07) is 7.54. The highest BCUT2D eigenvalue weighted by atomic mass is 32.1. The van der Waals surface area contributed by atoms with Crippen molar-refractivity contribution in [2.45, 2.75) is 26.2 Å². The van der Waals surface area contributed by atoms with E-state index in [-0.39, 0.29) is 6.54 Å². The quantitative estimate of drug-likeness (QED) is 0.372. The number of aromatic nitrogens is 1. The first kappa shape index (κ1) is 22.0. The number of aliphatic imine (C=N–C) groups is 1. The Labute approximate surface area is 165 Å². The maximum atomic E-state index is 12.6. The number of halogens is 3. The molecule has 2 N–H and O–H groups in total. The van der Waals surface area contributed by atoms with Crippen molar-refractivity contribution in [1.29, 1.82) is 0 Å². The van der Waals surface area contributed by atoms with Gasteiger partial charge in [-0.25, -0.2) is 9.98 Å². The molecule has 0 radical (unpaired) electrons. The predicted octanol–water partition coefficient (Wildman–Crippen LogP) is 3.44. The Balaban J connectivity index is 1.94. The first-order chi connectivity index (χ1) is 13.4. The SMILES string of the molecule is CCNC(=NCc1cccc(OCCOC)c1)NCc1nc(C(F)(F)F)cs1. The van der Waals surface area contributed by atoms with Gasteiger partial charge in [0.05, 0.1) is 19.7 Å². The molecule has 28 heavy (non-hydrogen) atoms. The Morgan fingerprint density at radius 1 is 1.25 bits per heavy atom. The minimum Gasteiger partial charge on any atom is -0.491 e. The lowest BCUT2D eigenvalue weighted by Crippen LogP contribution is -2.36. The summed E-state index contributed by atoms with van der Waals surface area (Å²) in [5.74, 6) is 1.22. The summed E-state index contributed by atoms with van der Waals surface area (Å²) in [5.41, 5.74) is 0.0715. The fraction of sp³-hybridized carbons (Fsp3) is 0.444. The molecule has 0 aliphatic rings. The molecule has 6 nitrogen and oxygen atoms in total. The van der Waals surface area contributed by atoms with Crippen LogP contribution < -0.4 is 15.4 Å². The van der Waals surface area contributed by atoms with Crippen LogP contribution in [-0.2, 0) is 24.0 Å². The average Bonchev–Trinajstić information content (AvgIpc) is 3.14. The van der Waals surface area contributed by atoms with Crippen LogP contribution in [0.5, 0.6) is 5.75 Å². The molecule has 0 saturated heterocycles. The largest absolute Gasteiger partial charge is 0.491 e. The van der Waals surface area contributed by atoms with E-state index in [1.54, 1.807) is 7.11 Å². The van der Waals surface area contributed by atoms with E-state index < -0.39 is 11.9 Å². The third kappa shape index (κ3) is 7.35. The Hall–Kier alpha value is -2.33. The van der Waals surface area contributed by atoms with Crippen molar-refractivity contribution in [2.75, 3.05) is 26.9 Å². The van der Waals surface area contributed by atoms with E-state index >= 15 is 0 Å². The molecule has 1 aromatic carbocycles. The van der Waals surface area contributed by atoms with E-state index in [4.69, 9.17) is 9.47 Å². The highest BCUT2D eigenvalue weighted by molar-refractivity contribution is 7.09. The molecule has 0 aliphatic carbocycles. The summed E-state index contributed by atoms with van der Waals surface area (Å²) in [7, 11) is 1.61. The van der Waals surface area contributed by atoms with Crippen molar-refractivity contribution in [3.63, 3.8) is 0 Å². The average molecular weight is 416 g/mol. The highest BCUT2D eigenvalue weighted by Crippen LogP contribution is 2.29. The van der Waals surface area contributed by atoms with Crippen LogP contribution in [0.1, 0.15) is 23.2 Å². The summed E-state index contributed by atoms with van der Waals surface area (Å²) in [5, 5.41) is 7.41. The molecule has 2 aromatic rings. The number of ether oxygens (including phenoxy) is 2. The van der Waals surface area contributed by atoms with E-state index in [0.717, 1.165) is 28.0 Å². The monoisotopic (exact) mass is 416 g/mol. The van der Waals surface area contributed by atoms with E-state index in [2.05, 4.69) is 20.6 Å². The first-order valence-corrected chi connectivity index (χ1v) is 9.54. The molecule has 0 saturated carbocycles. The lowest BCUT2D eigenvalue weighted by Gasteiger charge is -2.11. The first-order valence-electron chi connectivity index (χ1n) is 8.66. The summed E-state index contributed by atoms with van der Waals surface area (Å²) in [4.78, 5) is 8.06. The van der Waals surface area contributed by atoms with Gasteiger partial charge in [-0.1, -0.05) is 12.1 Å². The number of rotatable bonds is 9. The molecule has 10 heteroatoms. The number of methoxy groups -OCH3 is 1. The maximum absolute atomic E-state index is 12.6. The molecule has 1 aromatic heterocycles. The Bertz CT molecular complexity index is 765. The Kier molecular flexibility index (Phi) is 8.52. The summed E-state index contributed by atoms with van der Waals surface area (Å²) in [6.45, 7) is 4.05. The van der Waals surface area contributed by atoms with Crippen LogP contribution in [0, 0.1) is 0 Å². The third-order valence-electron chi connectivity index (χ3n) is 3.47. The predicted molar refractivity (Wildman–Crippen MR) is 103 cm³/mol. The van der Waals surface area contributed by atoms with Crippen molar-refractivity contribution in [2.24, 2.45) is 4.99 Å². The van der Waals surface area contributed by atoms with Crippen molar-refractivity contribution < 1.29 is 22.6 Å². The third-order valence-corrected chi connectivity index (χ3v) is 4.32. The second-order valence-electron chi connectivity index (χ2n) is 5.66. The molecular weight excluding hydrogens is 393 g/mol. The summed E-state index contributed by atoms with van der Waals surface area (Å²) < 4.78 is 48.4. The number of alkyl halides is 3. The molecule has 0 bridgehead atoms. The second kappa shape index (κ2) is 10.9. The van der Waals surface area contributed by atoms with Crippen LogP contribution in [0.4, 0.5) is 13.2 Å². The van der Waals surface area contributed by atoms with Crippen LogP contribution in [0.3, 0.4) is 0 Å². The normalized spacial score (nSPS) is 12.1. The van der Waals surface area contributed by atoms with Crippen LogP contribution in [0.25, 0.3) is 0 Å². The van der Waals surface area contributed by atoms with Gasteiger partial charge in [-0.15, -0.1) is 11.3 Å². The van der Waals surface area contributed by atoms with E-state index in [1.165, 1.54) is 0 Å². The van der Waals surface area contributed by atoms with Crippen molar-refractivity contribution in [3.8, 4) is 5.75 Å². The molecule has 0 unspecified atom stereocenters. The number of guanidine groups is 1. The van der Waals surface area contributed by atoms with Crippen LogP contribution in [-0.4, -0.2) is 37.8 Å².